The molecule has 1 N–H and O–H groups in total. The lowest BCUT2D eigenvalue weighted by molar-refractivity contribution is -0.123. The Labute approximate surface area is 167 Å². The van der Waals surface area contributed by atoms with Crippen LogP contribution in [-0.2, 0) is 14.4 Å². The van der Waals surface area contributed by atoms with Crippen LogP contribution in [0.4, 0.5) is 20.2 Å². The van der Waals surface area contributed by atoms with E-state index in [-0.39, 0.29) is 12.2 Å². The van der Waals surface area contributed by atoms with Crippen molar-refractivity contribution >= 4 is 40.7 Å². The molecule has 2 atom stereocenters. The molecule has 0 bridgehead atoms. The number of amides is 3. The van der Waals surface area contributed by atoms with Crippen LogP contribution in [-0.4, -0.2) is 41.4 Å². The molecule has 0 aliphatic carbocycles. The summed E-state index contributed by atoms with van der Waals surface area (Å²) in [5.74, 6) is -4.26. The largest absolute Gasteiger partial charge is 0.324 e. The third kappa shape index (κ3) is 3.42. The van der Waals surface area contributed by atoms with Gasteiger partial charge in [-0.2, -0.15) is 5.11 Å². The van der Waals surface area contributed by atoms with E-state index in [2.05, 4.69) is 15.7 Å². The van der Waals surface area contributed by atoms with E-state index >= 15 is 0 Å². The third-order valence-corrected chi connectivity index (χ3v) is 4.67. The lowest BCUT2D eigenvalue weighted by Crippen LogP contribution is -2.43. The smallest absolute Gasteiger partial charge is 0.263 e. The van der Waals surface area contributed by atoms with Crippen LogP contribution in [0.1, 0.15) is 0 Å². The second-order valence-corrected chi connectivity index (χ2v) is 6.80. The number of hydrogen-bond donors (Lipinski definition) is 1. The fourth-order valence-electron chi connectivity index (χ4n) is 3.15. The molecule has 148 valence electrons. The van der Waals surface area contributed by atoms with Gasteiger partial charge in [-0.05, 0) is 30.3 Å². The first-order valence-corrected chi connectivity index (χ1v) is 8.78. The van der Waals surface area contributed by atoms with Crippen molar-refractivity contribution in [2.24, 2.45) is 10.3 Å². The summed E-state index contributed by atoms with van der Waals surface area (Å²) in [6.45, 7) is -0.345. The lowest BCUT2D eigenvalue weighted by atomic mass is 10.1. The van der Waals surface area contributed by atoms with Crippen LogP contribution < -0.4 is 10.2 Å². The number of hydrogen-bond acceptors (Lipinski definition) is 6. The van der Waals surface area contributed by atoms with Crippen molar-refractivity contribution < 1.29 is 23.2 Å². The molecule has 2 aliphatic heterocycles. The number of carbonyl (C=O) groups excluding carboxylic acids is 3. The van der Waals surface area contributed by atoms with Crippen molar-refractivity contribution in [1.29, 1.82) is 0 Å². The van der Waals surface area contributed by atoms with Gasteiger partial charge in [0.15, 0.2) is 23.7 Å². The molecule has 8 nitrogen and oxygen atoms in total. The summed E-state index contributed by atoms with van der Waals surface area (Å²) in [7, 11) is 0. The Morgan fingerprint density at radius 1 is 1.10 bits per heavy atom. The van der Waals surface area contributed by atoms with Gasteiger partial charge in [-0.25, -0.2) is 13.7 Å². The van der Waals surface area contributed by atoms with Crippen molar-refractivity contribution in [3.05, 3.63) is 59.1 Å². The number of fused-ring (bicyclic) bond motifs is 1. The first kappa shape index (κ1) is 18.9. The van der Waals surface area contributed by atoms with Crippen molar-refractivity contribution in [2.75, 3.05) is 16.8 Å². The number of benzene rings is 2. The highest BCUT2D eigenvalue weighted by Gasteiger charge is 2.55. The summed E-state index contributed by atoms with van der Waals surface area (Å²) in [6, 6.07) is 6.86. The molecule has 2 aromatic carbocycles. The molecule has 0 saturated carbocycles. The number of halogens is 3. The standard InChI is InChI=1S/C18H12ClF2N5O3/c19-9-2-1-3-10(6-9)22-14(27)8-25-16-15(23-24-25)17(28)26(18(16)29)11-4-5-12(20)13(21)7-11/h1-7,15-16H,8H2,(H,22,27)/t15-,16-/m0/s1. The molecule has 0 radical (unpaired) electrons. The second kappa shape index (κ2) is 7.21. The summed E-state index contributed by atoms with van der Waals surface area (Å²) in [6.07, 6.45) is 0. The minimum absolute atomic E-state index is 0.119. The van der Waals surface area contributed by atoms with E-state index in [1.165, 1.54) is 0 Å². The fraction of sp³-hybridized carbons (Fsp3) is 0.167. The Balaban J connectivity index is 1.50. The number of nitrogens with zero attached hydrogens (tertiary/aromatic N) is 4. The molecule has 0 spiro atoms. The van der Waals surface area contributed by atoms with Crippen LogP contribution in [0.5, 0.6) is 0 Å². The minimum atomic E-state index is -1.19. The first-order chi connectivity index (χ1) is 13.8. The van der Waals surface area contributed by atoms with E-state index in [4.69, 9.17) is 11.6 Å². The van der Waals surface area contributed by atoms with Crippen LogP contribution in [0, 0.1) is 11.6 Å². The van der Waals surface area contributed by atoms with Gasteiger partial charge < -0.3 is 5.32 Å². The van der Waals surface area contributed by atoms with Crippen LogP contribution in [0.2, 0.25) is 5.02 Å². The lowest BCUT2D eigenvalue weighted by Gasteiger charge is -2.20. The van der Waals surface area contributed by atoms with Gasteiger partial charge in [-0.15, -0.1) is 0 Å². The molecule has 2 aliphatic rings. The maximum atomic E-state index is 13.5. The van der Waals surface area contributed by atoms with E-state index in [0.717, 1.165) is 28.1 Å². The predicted octanol–water partition coefficient (Wildman–Crippen LogP) is 2.55. The van der Waals surface area contributed by atoms with E-state index in [1.807, 2.05) is 0 Å². The molecule has 4 rings (SSSR count). The molecule has 0 unspecified atom stereocenters. The van der Waals surface area contributed by atoms with Crippen molar-refractivity contribution in [2.45, 2.75) is 12.1 Å². The number of carbonyl (C=O) groups is 3. The molecule has 29 heavy (non-hydrogen) atoms. The number of nitrogens with one attached hydrogen (secondary N) is 1. The SMILES string of the molecule is O=C(CN1N=N[C@@H]2C(=O)N(c3ccc(F)c(F)c3)C(=O)[C@H]21)Nc1cccc(Cl)c1. The molecular weight excluding hydrogens is 408 g/mol. The molecule has 0 aromatic heterocycles. The van der Waals surface area contributed by atoms with Gasteiger partial charge in [0, 0.05) is 16.8 Å². The Bertz CT molecular complexity index is 1060. The molecule has 2 heterocycles. The van der Waals surface area contributed by atoms with Gasteiger partial charge in [0.05, 0.1) is 5.69 Å². The summed E-state index contributed by atoms with van der Waals surface area (Å²) in [5.41, 5.74) is 0.333. The van der Waals surface area contributed by atoms with Crippen molar-refractivity contribution in [1.82, 2.24) is 5.01 Å². The van der Waals surface area contributed by atoms with Crippen molar-refractivity contribution in [3.63, 3.8) is 0 Å². The van der Waals surface area contributed by atoms with E-state index in [1.54, 1.807) is 24.3 Å². The first-order valence-electron chi connectivity index (χ1n) is 8.41. The van der Waals surface area contributed by atoms with E-state index in [9.17, 15) is 23.2 Å². The monoisotopic (exact) mass is 419 g/mol. The zero-order valence-corrected chi connectivity index (χ0v) is 15.3. The molecule has 1 saturated heterocycles. The van der Waals surface area contributed by atoms with Crippen LogP contribution in [0.3, 0.4) is 0 Å². The maximum Gasteiger partial charge on any atom is 0.263 e. The van der Waals surface area contributed by atoms with Gasteiger partial charge in [0.2, 0.25) is 5.91 Å². The fourth-order valence-corrected chi connectivity index (χ4v) is 3.34. The number of rotatable bonds is 4. The molecular formula is C18H12ClF2N5O3. The van der Waals surface area contributed by atoms with Gasteiger partial charge in [0.25, 0.3) is 11.8 Å². The molecule has 2 aromatic rings. The van der Waals surface area contributed by atoms with Gasteiger partial charge >= 0.3 is 0 Å². The zero-order valence-electron chi connectivity index (χ0n) is 14.6. The summed E-state index contributed by atoms with van der Waals surface area (Å²) < 4.78 is 26.7. The number of anilines is 2. The van der Waals surface area contributed by atoms with Gasteiger partial charge in [0.1, 0.15) is 6.54 Å². The van der Waals surface area contributed by atoms with Gasteiger partial charge in [-0.1, -0.05) is 22.9 Å². The minimum Gasteiger partial charge on any atom is -0.324 e. The Kier molecular flexibility index (Phi) is 4.71. The van der Waals surface area contributed by atoms with Crippen LogP contribution in [0.15, 0.2) is 52.8 Å². The third-order valence-electron chi connectivity index (χ3n) is 4.43. The topological polar surface area (TPSA) is 94.4 Å². The highest BCUT2D eigenvalue weighted by Crippen LogP contribution is 2.32. The Hall–Kier alpha value is -3.40. The predicted molar refractivity (Wildman–Crippen MR) is 98.1 cm³/mol. The summed E-state index contributed by atoms with van der Waals surface area (Å²) in [4.78, 5) is 38.3. The quantitative estimate of drug-likeness (QED) is 0.770. The maximum absolute atomic E-state index is 13.5. The van der Waals surface area contributed by atoms with E-state index in [0.29, 0.717) is 10.7 Å². The van der Waals surface area contributed by atoms with Crippen LogP contribution in [0.25, 0.3) is 0 Å². The van der Waals surface area contributed by atoms with Crippen molar-refractivity contribution in [3.8, 4) is 0 Å². The molecule has 11 heteroatoms. The molecule has 1 fully saturated rings. The Morgan fingerprint density at radius 3 is 2.62 bits per heavy atom. The summed E-state index contributed by atoms with van der Waals surface area (Å²) >= 11 is 5.87. The number of imide groups is 1. The highest BCUT2D eigenvalue weighted by molar-refractivity contribution is 6.31. The average molecular weight is 420 g/mol. The van der Waals surface area contributed by atoms with E-state index < -0.39 is 41.4 Å². The second-order valence-electron chi connectivity index (χ2n) is 6.36. The van der Waals surface area contributed by atoms with Crippen LogP contribution >= 0.6 is 11.6 Å². The highest BCUT2D eigenvalue weighted by atomic mass is 35.5. The molecule has 3 amide bonds. The Morgan fingerprint density at radius 2 is 1.90 bits per heavy atom. The summed E-state index contributed by atoms with van der Waals surface area (Å²) in [5, 5.41) is 11.6. The normalized spacial score (nSPS) is 20.4. The zero-order chi connectivity index (χ0) is 20.7. The average Bonchev–Trinajstić information content (AvgIpc) is 3.18. The van der Waals surface area contributed by atoms with Gasteiger partial charge in [-0.3, -0.25) is 19.4 Å².